The Labute approximate surface area is 240 Å². The van der Waals surface area contributed by atoms with E-state index in [1.807, 2.05) is 18.4 Å². The number of thioether (sulfide) groups is 1. The van der Waals surface area contributed by atoms with E-state index in [-0.39, 0.29) is 11.6 Å². The van der Waals surface area contributed by atoms with Crippen LogP contribution in [0.2, 0.25) is 0 Å². The summed E-state index contributed by atoms with van der Waals surface area (Å²) in [6.07, 6.45) is 5.10. The lowest BCUT2D eigenvalue weighted by molar-refractivity contribution is 0.341. The van der Waals surface area contributed by atoms with Crippen molar-refractivity contribution in [3.8, 4) is 22.9 Å². The third kappa shape index (κ3) is 5.83. The number of hydrogen-bond donors (Lipinski definition) is 0. The van der Waals surface area contributed by atoms with E-state index in [1.54, 1.807) is 66.5 Å². The Bertz CT molecular complexity index is 1660. The summed E-state index contributed by atoms with van der Waals surface area (Å²) in [7, 11) is 1.43. The van der Waals surface area contributed by atoms with Gasteiger partial charge in [-0.1, -0.05) is 31.7 Å². The average molecular weight is 579 g/mol. The molecule has 0 aliphatic rings. The zero-order valence-corrected chi connectivity index (χ0v) is 23.9. The maximum absolute atomic E-state index is 14.8. The molecule has 0 radical (unpaired) electrons. The van der Waals surface area contributed by atoms with E-state index in [4.69, 9.17) is 9.47 Å². The van der Waals surface area contributed by atoms with Gasteiger partial charge in [0, 0.05) is 35.3 Å². The summed E-state index contributed by atoms with van der Waals surface area (Å²) in [5.74, 6) is 0.577. The van der Waals surface area contributed by atoms with Crippen LogP contribution < -0.4 is 9.47 Å². The predicted octanol–water partition coefficient (Wildman–Crippen LogP) is 7.29. The highest BCUT2D eigenvalue weighted by molar-refractivity contribution is 7.99. The number of rotatable bonds is 10. The van der Waals surface area contributed by atoms with Crippen LogP contribution in [0.4, 0.5) is 13.2 Å². The summed E-state index contributed by atoms with van der Waals surface area (Å²) in [5, 5.41) is 0.675. The molecule has 10 heteroatoms. The molecule has 6 nitrogen and oxygen atoms in total. The van der Waals surface area contributed by atoms with Gasteiger partial charge in [0.1, 0.15) is 17.4 Å². The first-order valence-corrected chi connectivity index (χ1v) is 13.9. The molecule has 0 fully saturated rings. The van der Waals surface area contributed by atoms with Crippen molar-refractivity contribution in [3.63, 3.8) is 0 Å². The Hall–Kier alpha value is -4.18. The van der Waals surface area contributed by atoms with E-state index in [0.29, 0.717) is 34.8 Å². The van der Waals surface area contributed by atoms with Crippen LogP contribution in [-0.2, 0) is 5.41 Å². The molecule has 5 aromatic rings. The highest BCUT2D eigenvalue weighted by atomic mass is 32.2. The second-order valence-corrected chi connectivity index (χ2v) is 10.9. The molecule has 41 heavy (non-hydrogen) atoms. The van der Waals surface area contributed by atoms with Crippen LogP contribution in [0.5, 0.6) is 11.5 Å². The van der Waals surface area contributed by atoms with Crippen molar-refractivity contribution >= 4 is 11.8 Å². The molecule has 0 bridgehead atoms. The molecule has 2 aromatic heterocycles. The van der Waals surface area contributed by atoms with Crippen LogP contribution in [0, 0.1) is 24.4 Å². The fourth-order valence-corrected chi connectivity index (χ4v) is 5.42. The highest BCUT2D eigenvalue weighted by Crippen LogP contribution is 2.37. The first-order valence-electron chi connectivity index (χ1n) is 12.9. The minimum atomic E-state index is -0.607. The summed E-state index contributed by atoms with van der Waals surface area (Å²) in [4.78, 5) is 8.82. The normalized spacial score (nSPS) is 11.6. The number of aromatic nitrogens is 4. The van der Waals surface area contributed by atoms with Crippen molar-refractivity contribution in [1.29, 1.82) is 0 Å². The third-order valence-electron chi connectivity index (χ3n) is 6.92. The first kappa shape index (κ1) is 28.4. The SMILES string of the molecule is COc1cc(C(C)(C)c2cnc(SCCOc3ccc(-n4ccnc4C)c(F)c3)n2-c2ccc(F)cc2)ccc1F. The second kappa shape index (κ2) is 11.7. The molecule has 0 N–H and O–H groups in total. The fourth-order valence-electron chi connectivity index (χ4n) is 4.61. The van der Waals surface area contributed by atoms with Gasteiger partial charge in [-0.05, 0) is 61.0 Å². The van der Waals surface area contributed by atoms with Crippen molar-refractivity contribution in [2.45, 2.75) is 31.3 Å². The lowest BCUT2D eigenvalue weighted by Gasteiger charge is -2.28. The Morgan fingerprint density at radius 1 is 0.927 bits per heavy atom. The van der Waals surface area contributed by atoms with E-state index in [2.05, 4.69) is 9.97 Å². The standard InChI is InChI=1S/C31H29F3N4O2S/c1-20-35-13-14-37(20)27-12-10-24(18-26(27)34)40-15-16-41-30-36-19-29(38(30)23-8-6-22(32)7-9-23)31(2,3)21-5-11-25(33)28(17-21)39-4/h5-14,17-19H,15-16H2,1-4H3. The molecule has 5 rings (SSSR count). The number of aryl methyl sites for hydroxylation is 1. The molecular formula is C31H29F3N4O2S. The van der Waals surface area contributed by atoms with Crippen LogP contribution in [0.15, 0.2) is 84.4 Å². The van der Waals surface area contributed by atoms with E-state index >= 15 is 0 Å². The molecular weight excluding hydrogens is 549 g/mol. The molecule has 2 heterocycles. The number of methoxy groups -OCH3 is 1. The topological polar surface area (TPSA) is 54.1 Å². The number of imidazole rings is 2. The Morgan fingerprint density at radius 2 is 1.71 bits per heavy atom. The molecule has 0 saturated carbocycles. The largest absolute Gasteiger partial charge is 0.494 e. The third-order valence-corrected chi connectivity index (χ3v) is 7.83. The molecule has 0 unspecified atom stereocenters. The first-order chi connectivity index (χ1) is 19.7. The minimum Gasteiger partial charge on any atom is -0.494 e. The van der Waals surface area contributed by atoms with Gasteiger partial charge in [0.15, 0.2) is 22.5 Å². The zero-order valence-electron chi connectivity index (χ0n) is 23.1. The Morgan fingerprint density at radius 3 is 2.39 bits per heavy atom. The van der Waals surface area contributed by atoms with Gasteiger partial charge < -0.3 is 14.0 Å². The van der Waals surface area contributed by atoms with E-state index < -0.39 is 17.0 Å². The number of ether oxygens (including phenoxy) is 2. The molecule has 0 amide bonds. The minimum absolute atomic E-state index is 0.153. The quantitative estimate of drug-likeness (QED) is 0.129. The van der Waals surface area contributed by atoms with Crippen molar-refractivity contribution in [3.05, 3.63) is 114 Å². The number of benzene rings is 3. The molecule has 0 aliphatic carbocycles. The molecule has 0 spiro atoms. The number of halogens is 3. The van der Waals surface area contributed by atoms with Gasteiger partial charge in [0.2, 0.25) is 0 Å². The lowest BCUT2D eigenvalue weighted by atomic mass is 9.81. The molecule has 0 atom stereocenters. The van der Waals surface area contributed by atoms with Gasteiger partial charge in [-0.3, -0.25) is 4.57 Å². The monoisotopic (exact) mass is 578 g/mol. The van der Waals surface area contributed by atoms with E-state index in [1.165, 1.54) is 43.1 Å². The van der Waals surface area contributed by atoms with Crippen LogP contribution in [0.3, 0.4) is 0 Å². The number of hydrogen-bond acceptors (Lipinski definition) is 5. The highest BCUT2D eigenvalue weighted by Gasteiger charge is 2.30. The maximum atomic E-state index is 14.8. The summed E-state index contributed by atoms with van der Waals surface area (Å²) in [6, 6.07) is 15.7. The van der Waals surface area contributed by atoms with Crippen molar-refractivity contribution in [2.24, 2.45) is 0 Å². The van der Waals surface area contributed by atoms with Crippen LogP contribution in [0.25, 0.3) is 11.4 Å². The smallest absolute Gasteiger partial charge is 0.172 e. The van der Waals surface area contributed by atoms with Crippen LogP contribution in [0.1, 0.15) is 30.9 Å². The Kier molecular flexibility index (Phi) is 8.12. The van der Waals surface area contributed by atoms with Gasteiger partial charge in [0.05, 0.1) is 31.3 Å². The average Bonchev–Trinajstić information content (AvgIpc) is 3.58. The summed E-state index contributed by atoms with van der Waals surface area (Å²) < 4.78 is 57.4. The van der Waals surface area contributed by atoms with E-state index in [0.717, 1.165) is 16.9 Å². The molecule has 3 aromatic carbocycles. The zero-order chi connectivity index (χ0) is 29.1. The molecule has 212 valence electrons. The summed E-state index contributed by atoms with van der Waals surface area (Å²) in [5.41, 5.74) is 2.18. The summed E-state index contributed by atoms with van der Waals surface area (Å²) >= 11 is 1.46. The molecule has 0 aliphatic heterocycles. The van der Waals surface area contributed by atoms with Crippen LogP contribution in [-0.4, -0.2) is 38.6 Å². The van der Waals surface area contributed by atoms with Crippen molar-refractivity contribution in [2.75, 3.05) is 19.5 Å². The van der Waals surface area contributed by atoms with Crippen molar-refractivity contribution in [1.82, 2.24) is 19.1 Å². The van der Waals surface area contributed by atoms with Gasteiger partial charge in [0.25, 0.3) is 0 Å². The lowest BCUT2D eigenvalue weighted by Crippen LogP contribution is -2.23. The summed E-state index contributed by atoms with van der Waals surface area (Å²) in [6.45, 7) is 6.13. The van der Waals surface area contributed by atoms with Gasteiger partial charge in [-0.15, -0.1) is 0 Å². The van der Waals surface area contributed by atoms with Gasteiger partial charge in [-0.25, -0.2) is 23.1 Å². The van der Waals surface area contributed by atoms with Gasteiger partial charge in [-0.2, -0.15) is 0 Å². The number of nitrogens with zero attached hydrogens (tertiary/aromatic N) is 4. The van der Waals surface area contributed by atoms with Gasteiger partial charge >= 0.3 is 0 Å². The molecule has 0 saturated heterocycles. The maximum Gasteiger partial charge on any atom is 0.172 e. The second-order valence-electron chi connectivity index (χ2n) is 9.87. The van der Waals surface area contributed by atoms with E-state index in [9.17, 15) is 13.2 Å². The van der Waals surface area contributed by atoms with Crippen LogP contribution >= 0.6 is 11.8 Å². The van der Waals surface area contributed by atoms with Crippen molar-refractivity contribution < 1.29 is 22.6 Å². The predicted molar refractivity (Wildman–Crippen MR) is 153 cm³/mol. The Balaban J connectivity index is 1.36. The fraction of sp³-hybridized carbons (Fsp3) is 0.226.